The molecule has 0 bridgehead atoms. The molecule has 0 atom stereocenters. The number of benzene rings is 2. The Bertz CT molecular complexity index is 1020. The Morgan fingerprint density at radius 1 is 1.15 bits per heavy atom. The van der Waals surface area contributed by atoms with E-state index in [-0.39, 0.29) is 5.57 Å². The van der Waals surface area contributed by atoms with Crippen molar-refractivity contribution in [3.8, 4) is 17.4 Å². The minimum Gasteiger partial charge on any atom is -0.457 e. The van der Waals surface area contributed by atoms with Crippen LogP contribution in [0.1, 0.15) is 5.76 Å². The van der Waals surface area contributed by atoms with Crippen LogP contribution in [0.4, 0.5) is 10.1 Å². The predicted octanol–water partition coefficient (Wildman–Crippen LogP) is 5.28. The van der Waals surface area contributed by atoms with Crippen molar-refractivity contribution in [1.82, 2.24) is 0 Å². The van der Waals surface area contributed by atoms with E-state index in [2.05, 4.69) is 5.32 Å². The van der Waals surface area contributed by atoms with Gasteiger partial charge in [-0.25, -0.2) is 4.39 Å². The molecule has 0 aliphatic rings. The van der Waals surface area contributed by atoms with E-state index in [9.17, 15) is 14.4 Å². The SMILES string of the molecule is N#C/C(=C\c1ccc(-c2cccc(Cl)c2)o1)C(=O)Nc1ccc(F)cc1. The summed E-state index contributed by atoms with van der Waals surface area (Å²) in [5.74, 6) is -0.108. The molecule has 2 aromatic carbocycles. The van der Waals surface area contributed by atoms with E-state index >= 15 is 0 Å². The lowest BCUT2D eigenvalue weighted by Gasteiger charge is -2.03. The number of nitrogens with one attached hydrogen (secondary N) is 1. The highest BCUT2D eigenvalue weighted by molar-refractivity contribution is 6.30. The maximum absolute atomic E-state index is 12.9. The van der Waals surface area contributed by atoms with Gasteiger partial charge in [-0.3, -0.25) is 4.79 Å². The Morgan fingerprint density at radius 2 is 1.92 bits per heavy atom. The summed E-state index contributed by atoms with van der Waals surface area (Å²) in [6.45, 7) is 0. The maximum Gasteiger partial charge on any atom is 0.266 e. The number of hydrogen-bond acceptors (Lipinski definition) is 3. The van der Waals surface area contributed by atoms with Crippen LogP contribution in [0.2, 0.25) is 5.02 Å². The Labute approximate surface area is 154 Å². The minimum absolute atomic E-state index is 0.138. The van der Waals surface area contributed by atoms with Gasteiger partial charge >= 0.3 is 0 Å². The van der Waals surface area contributed by atoms with Crippen molar-refractivity contribution in [3.05, 3.63) is 82.8 Å². The van der Waals surface area contributed by atoms with Crippen LogP contribution in [0.15, 0.2) is 70.7 Å². The maximum atomic E-state index is 12.9. The van der Waals surface area contributed by atoms with Crippen LogP contribution in [0.25, 0.3) is 17.4 Å². The van der Waals surface area contributed by atoms with Gasteiger partial charge in [0.15, 0.2) is 0 Å². The van der Waals surface area contributed by atoms with Crippen LogP contribution in [-0.2, 0) is 4.79 Å². The third kappa shape index (κ3) is 4.18. The zero-order valence-corrected chi connectivity index (χ0v) is 14.1. The van der Waals surface area contributed by atoms with E-state index in [1.807, 2.05) is 12.1 Å². The molecule has 1 aromatic heterocycles. The average Bonchev–Trinajstić information content (AvgIpc) is 3.10. The molecule has 0 saturated heterocycles. The number of anilines is 1. The van der Waals surface area contributed by atoms with E-state index in [4.69, 9.17) is 16.0 Å². The molecule has 3 rings (SSSR count). The minimum atomic E-state index is -0.611. The van der Waals surface area contributed by atoms with E-state index in [0.29, 0.717) is 22.2 Å². The van der Waals surface area contributed by atoms with Gasteiger partial charge in [0.1, 0.15) is 29.0 Å². The smallest absolute Gasteiger partial charge is 0.266 e. The van der Waals surface area contributed by atoms with Gasteiger partial charge in [0.05, 0.1) is 0 Å². The first-order valence-electron chi connectivity index (χ1n) is 7.59. The summed E-state index contributed by atoms with van der Waals surface area (Å²) in [4.78, 5) is 12.2. The zero-order chi connectivity index (χ0) is 18.5. The van der Waals surface area contributed by atoms with Crippen LogP contribution in [0.5, 0.6) is 0 Å². The van der Waals surface area contributed by atoms with Gasteiger partial charge in [-0.05, 0) is 48.5 Å². The Kier molecular flexibility index (Phi) is 5.16. The molecule has 0 saturated carbocycles. The third-order valence-electron chi connectivity index (χ3n) is 3.49. The summed E-state index contributed by atoms with van der Waals surface area (Å²) in [6, 6.07) is 17.6. The number of carbonyl (C=O) groups excluding carboxylic acids is 1. The molecule has 1 N–H and O–H groups in total. The van der Waals surface area contributed by atoms with E-state index in [1.54, 1.807) is 30.3 Å². The van der Waals surface area contributed by atoms with Crippen LogP contribution in [-0.4, -0.2) is 5.91 Å². The second-order valence-corrected chi connectivity index (χ2v) is 5.78. The van der Waals surface area contributed by atoms with Crippen LogP contribution in [0, 0.1) is 17.1 Å². The van der Waals surface area contributed by atoms with Crippen molar-refractivity contribution in [3.63, 3.8) is 0 Å². The molecule has 0 aliphatic heterocycles. The number of halogens is 2. The lowest BCUT2D eigenvalue weighted by Crippen LogP contribution is -2.13. The average molecular weight is 367 g/mol. The van der Waals surface area contributed by atoms with E-state index < -0.39 is 11.7 Å². The first-order chi connectivity index (χ1) is 12.5. The molecule has 26 heavy (non-hydrogen) atoms. The Morgan fingerprint density at radius 3 is 2.62 bits per heavy atom. The summed E-state index contributed by atoms with van der Waals surface area (Å²) < 4.78 is 18.6. The van der Waals surface area contributed by atoms with Gasteiger partial charge in [0.25, 0.3) is 5.91 Å². The summed E-state index contributed by atoms with van der Waals surface area (Å²) >= 11 is 5.96. The van der Waals surface area contributed by atoms with Crippen molar-refractivity contribution in [2.24, 2.45) is 0 Å². The fourth-order valence-corrected chi connectivity index (χ4v) is 2.44. The molecular formula is C20H12ClFN2O2. The fourth-order valence-electron chi connectivity index (χ4n) is 2.25. The largest absolute Gasteiger partial charge is 0.457 e. The quantitative estimate of drug-likeness (QED) is 0.504. The Hall–Kier alpha value is -3.36. The summed E-state index contributed by atoms with van der Waals surface area (Å²) in [6.07, 6.45) is 1.34. The number of nitrogens with zero attached hydrogens (tertiary/aromatic N) is 1. The van der Waals surface area contributed by atoms with Crippen molar-refractivity contribution in [2.75, 3.05) is 5.32 Å². The zero-order valence-electron chi connectivity index (χ0n) is 13.4. The first kappa shape index (κ1) is 17.5. The molecule has 0 fully saturated rings. The van der Waals surface area contributed by atoms with Crippen LogP contribution >= 0.6 is 11.6 Å². The predicted molar refractivity (Wildman–Crippen MR) is 97.8 cm³/mol. The highest BCUT2D eigenvalue weighted by Gasteiger charge is 2.12. The third-order valence-corrected chi connectivity index (χ3v) is 3.72. The molecule has 0 spiro atoms. The molecule has 6 heteroatoms. The highest BCUT2D eigenvalue weighted by Crippen LogP contribution is 2.25. The number of rotatable bonds is 4. The number of furan rings is 1. The van der Waals surface area contributed by atoms with Crippen molar-refractivity contribution in [1.29, 1.82) is 5.26 Å². The number of carbonyl (C=O) groups is 1. The van der Waals surface area contributed by atoms with Crippen molar-refractivity contribution >= 4 is 29.3 Å². The second-order valence-electron chi connectivity index (χ2n) is 5.34. The molecule has 4 nitrogen and oxygen atoms in total. The monoisotopic (exact) mass is 366 g/mol. The fraction of sp³-hybridized carbons (Fsp3) is 0. The van der Waals surface area contributed by atoms with Gasteiger partial charge in [-0.1, -0.05) is 23.7 Å². The Balaban J connectivity index is 1.80. The standard InChI is InChI=1S/C20H12ClFN2O2/c21-15-3-1-2-13(10-15)19-9-8-18(26-19)11-14(12-23)20(25)24-17-6-4-16(22)5-7-17/h1-11H,(H,24,25)/b14-11+. The van der Waals surface area contributed by atoms with Gasteiger partial charge < -0.3 is 9.73 Å². The van der Waals surface area contributed by atoms with Gasteiger partial charge in [0.2, 0.25) is 0 Å². The molecule has 0 unspecified atom stereocenters. The molecular weight excluding hydrogens is 355 g/mol. The van der Waals surface area contributed by atoms with Crippen LogP contribution in [0.3, 0.4) is 0 Å². The molecule has 3 aromatic rings. The van der Waals surface area contributed by atoms with Gasteiger partial charge in [-0.15, -0.1) is 0 Å². The molecule has 128 valence electrons. The normalized spacial score (nSPS) is 11.0. The van der Waals surface area contributed by atoms with E-state index in [1.165, 1.54) is 30.3 Å². The van der Waals surface area contributed by atoms with Crippen LogP contribution < -0.4 is 5.32 Å². The lowest BCUT2D eigenvalue weighted by molar-refractivity contribution is -0.112. The van der Waals surface area contributed by atoms with Crippen molar-refractivity contribution in [2.45, 2.75) is 0 Å². The second kappa shape index (κ2) is 7.68. The van der Waals surface area contributed by atoms with Gasteiger partial charge in [-0.2, -0.15) is 5.26 Å². The first-order valence-corrected chi connectivity index (χ1v) is 7.97. The number of amides is 1. The summed E-state index contributed by atoms with van der Waals surface area (Å²) in [5, 5.41) is 12.3. The molecule has 1 amide bonds. The highest BCUT2D eigenvalue weighted by atomic mass is 35.5. The molecule has 1 heterocycles. The summed E-state index contributed by atoms with van der Waals surface area (Å²) in [5.41, 5.74) is 1.03. The van der Waals surface area contributed by atoms with Gasteiger partial charge in [0, 0.05) is 22.3 Å². The molecule has 0 radical (unpaired) electrons. The number of nitriles is 1. The summed E-state index contributed by atoms with van der Waals surface area (Å²) in [7, 11) is 0. The lowest BCUT2D eigenvalue weighted by atomic mass is 10.2. The van der Waals surface area contributed by atoms with Crippen molar-refractivity contribution < 1.29 is 13.6 Å². The number of hydrogen-bond donors (Lipinski definition) is 1. The molecule has 0 aliphatic carbocycles. The van der Waals surface area contributed by atoms with E-state index in [0.717, 1.165) is 5.56 Å². The topological polar surface area (TPSA) is 66.0 Å².